The number of halogens is 6. The minimum absolute atomic E-state index is 0.121. The molecule has 0 spiro atoms. The smallest absolute Gasteiger partial charge is 0.377 e. The summed E-state index contributed by atoms with van der Waals surface area (Å²) in [5.41, 5.74) is -3.00. The van der Waals surface area contributed by atoms with Crippen LogP contribution in [0.1, 0.15) is 35.3 Å². The van der Waals surface area contributed by atoms with Gasteiger partial charge in [-0.3, -0.25) is 0 Å². The zero-order valence-electron chi connectivity index (χ0n) is 10.4. The number of hydrogen-bond acceptors (Lipinski definition) is 1. The van der Waals surface area contributed by atoms with Crippen molar-refractivity contribution in [3.05, 3.63) is 34.4 Å². The van der Waals surface area contributed by atoms with E-state index in [0.29, 0.717) is 6.07 Å². The Kier molecular flexibility index (Phi) is 4.19. The second-order valence-electron chi connectivity index (χ2n) is 4.11. The van der Waals surface area contributed by atoms with E-state index in [4.69, 9.17) is 4.74 Å². The molecule has 1 nitrogen and oxygen atoms in total. The molecule has 1 aromatic rings. The van der Waals surface area contributed by atoms with Crippen LogP contribution in [0.4, 0.5) is 26.3 Å². The Bertz CT molecular complexity index is 461. The summed E-state index contributed by atoms with van der Waals surface area (Å²) in [5, 5.41) is 0. The van der Waals surface area contributed by atoms with Gasteiger partial charge in [0, 0.05) is 7.11 Å². The molecular formula is C12H12F6O. The highest BCUT2D eigenvalue weighted by Crippen LogP contribution is 2.40. The number of alkyl halides is 6. The maximum atomic E-state index is 12.8. The Morgan fingerprint density at radius 3 is 1.89 bits per heavy atom. The summed E-state index contributed by atoms with van der Waals surface area (Å²) in [6.45, 7) is 2.52. The van der Waals surface area contributed by atoms with Gasteiger partial charge < -0.3 is 4.74 Å². The van der Waals surface area contributed by atoms with Gasteiger partial charge in [-0.15, -0.1) is 0 Å². The van der Waals surface area contributed by atoms with Crippen molar-refractivity contribution < 1.29 is 31.1 Å². The van der Waals surface area contributed by atoms with Gasteiger partial charge in [-0.05, 0) is 37.1 Å². The van der Waals surface area contributed by atoms with Crippen LogP contribution in [0.15, 0.2) is 12.1 Å². The number of hydrogen-bond donors (Lipinski definition) is 0. The van der Waals surface area contributed by atoms with Gasteiger partial charge in [0.15, 0.2) is 0 Å². The lowest BCUT2D eigenvalue weighted by molar-refractivity contribution is -0.143. The summed E-state index contributed by atoms with van der Waals surface area (Å²) in [4.78, 5) is 0. The highest BCUT2D eigenvalue weighted by atomic mass is 19.4. The topological polar surface area (TPSA) is 9.23 Å². The van der Waals surface area contributed by atoms with E-state index in [0.717, 1.165) is 6.92 Å². The third-order valence-corrected chi connectivity index (χ3v) is 2.87. The van der Waals surface area contributed by atoms with Crippen molar-refractivity contribution >= 4 is 0 Å². The average molecular weight is 286 g/mol. The molecule has 0 amide bonds. The molecule has 0 fully saturated rings. The molecule has 0 heterocycles. The van der Waals surface area contributed by atoms with Crippen LogP contribution in [0.3, 0.4) is 0 Å². The molecule has 0 aliphatic rings. The number of ether oxygens (including phenoxy) is 1. The number of rotatable bonds is 2. The molecule has 0 aromatic heterocycles. The molecule has 0 aliphatic heterocycles. The first-order valence-electron chi connectivity index (χ1n) is 5.30. The van der Waals surface area contributed by atoms with E-state index in [1.54, 1.807) is 0 Å². The van der Waals surface area contributed by atoms with Gasteiger partial charge in [-0.2, -0.15) is 26.3 Å². The molecule has 108 valence electrons. The first-order valence-corrected chi connectivity index (χ1v) is 5.30. The first-order chi connectivity index (χ1) is 8.48. The maximum absolute atomic E-state index is 12.8. The SMILES string of the molecule is COC(C)c1cc(C(F)(F)F)cc(C(F)(F)F)c1C. The highest BCUT2D eigenvalue weighted by Gasteiger charge is 2.39. The van der Waals surface area contributed by atoms with Gasteiger partial charge in [-0.1, -0.05) is 0 Å². The monoisotopic (exact) mass is 286 g/mol. The van der Waals surface area contributed by atoms with Gasteiger partial charge in [-0.25, -0.2) is 0 Å². The minimum atomic E-state index is -4.84. The van der Waals surface area contributed by atoms with Crippen molar-refractivity contribution in [3.63, 3.8) is 0 Å². The number of methoxy groups -OCH3 is 1. The van der Waals surface area contributed by atoms with Crippen LogP contribution in [-0.2, 0) is 17.1 Å². The molecule has 0 saturated heterocycles. The van der Waals surface area contributed by atoms with Crippen molar-refractivity contribution in [1.82, 2.24) is 0 Å². The van der Waals surface area contributed by atoms with Crippen molar-refractivity contribution in [3.8, 4) is 0 Å². The van der Waals surface area contributed by atoms with E-state index in [9.17, 15) is 26.3 Å². The zero-order chi connectivity index (χ0) is 15.0. The van der Waals surface area contributed by atoms with Crippen LogP contribution in [0.5, 0.6) is 0 Å². The van der Waals surface area contributed by atoms with Crippen LogP contribution in [0, 0.1) is 6.92 Å². The van der Waals surface area contributed by atoms with Crippen molar-refractivity contribution in [2.75, 3.05) is 7.11 Å². The van der Waals surface area contributed by atoms with E-state index in [-0.39, 0.29) is 17.2 Å². The van der Waals surface area contributed by atoms with Gasteiger partial charge >= 0.3 is 12.4 Å². The van der Waals surface area contributed by atoms with Crippen LogP contribution in [0.2, 0.25) is 0 Å². The lowest BCUT2D eigenvalue weighted by Gasteiger charge is -2.20. The van der Waals surface area contributed by atoms with Gasteiger partial charge in [0.25, 0.3) is 0 Å². The quantitative estimate of drug-likeness (QED) is 0.713. The molecule has 0 radical (unpaired) electrons. The lowest BCUT2D eigenvalue weighted by atomic mass is 9.95. The zero-order valence-corrected chi connectivity index (χ0v) is 10.4. The fourth-order valence-electron chi connectivity index (χ4n) is 1.74. The van der Waals surface area contributed by atoms with Crippen molar-refractivity contribution in [2.45, 2.75) is 32.3 Å². The van der Waals surface area contributed by atoms with E-state index >= 15 is 0 Å². The van der Waals surface area contributed by atoms with Gasteiger partial charge in [0.05, 0.1) is 17.2 Å². The fraction of sp³-hybridized carbons (Fsp3) is 0.500. The predicted molar refractivity (Wildman–Crippen MR) is 56.6 cm³/mol. The van der Waals surface area contributed by atoms with E-state index in [2.05, 4.69) is 0 Å². The summed E-state index contributed by atoms with van der Waals surface area (Å²) in [7, 11) is 1.22. The van der Waals surface area contributed by atoms with Crippen LogP contribution in [-0.4, -0.2) is 7.11 Å². The maximum Gasteiger partial charge on any atom is 0.416 e. The normalized spacial score (nSPS) is 14.6. The standard InChI is InChI=1S/C12H12F6O/c1-6-9(7(2)19-3)4-8(11(13,14)15)5-10(6)12(16,17)18/h4-5,7H,1-3H3. The Hall–Kier alpha value is -1.24. The lowest BCUT2D eigenvalue weighted by Crippen LogP contribution is -2.15. The van der Waals surface area contributed by atoms with Gasteiger partial charge in [0.2, 0.25) is 0 Å². The Morgan fingerprint density at radius 1 is 1.00 bits per heavy atom. The minimum Gasteiger partial charge on any atom is -0.377 e. The molecule has 0 aliphatic carbocycles. The number of benzene rings is 1. The summed E-state index contributed by atoms with van der Waals surface area (Å²) in [6.07, 6.45) is -10.5. The molecule has 19 heavy (non-hydrogen) atoms. The fourth-order valence-corrected chi connectivity index (χ4v) is 1.74. The molecule has 1 unspecified atom stereocenters. The van der Waals surface area contributed by atoms with Crippen molar-refractivity contribution in [1.29, 1.82) is 0 Å². The van der Waals surface area contributed by atoms with E-state index in [1.165, 1.54) is 14.0 Å². The van der Waals surface area contributed by atoms with E-state index < -0.39 is 29.6 Å². The molecule has 0 saturated carbocycles. The Labute approximate surface area is 106 Å². The summed E-state index contributed by atoms with van der Waals surface area (Å²) < 4.78 is 81.0. The van der Waals surface area contributed by atoms with E-state index in [1.807, 2.05) is 0 Å². The largest absolute Gasteiger partial charge is 0.416 e. The predicted octanol–water partition coefficient (Wildman–Crippen LogP) is 4.74. The van der Waals surface area contributed by atoms with Crippen LogP contribution >= 0.6 is 0 Å². The molecule has 7 heteroatoms. The van der Waals surface area contributed by atoms with Gasteiger partial charge in [0.1, 0.15) is 0 Å². The molecule has 1 aromatic carbocycles. The summed E-state index contributed by atoms with van der Waals surface area (Å²) in [6, 6.07) is 0.819. The highest BCUT2D eigenvalue weighted by molar-refractivity contribution is 5.42. The second kappa shape index (κ2) is 5.03. The summed E-state index contributed by atoms with van der Waals surface area (Å²) in [5.74, 6) is 0. The second-order valence-corrected chi connectivity index (χ2v) is 4.11. The van der Waals surface area contributed by atoms with Crippen LogP contribution in [0.25, 0.3) is 0 Å². The average Bonchev–Trinajstić information content (AvgIpc) is 2.25. The molecular weight excluding hydrogens is 274 g/mol. The summed E-state index contributed by atoms with van der Waals surface area (Å²) >= 11 is 0. The third-order valence-electron chi connectivity index (χ3n) is 2.87. The third kappa shape index (κ3) is 3.40. The molecule has 1 rings (SSSR count). The Balaban J connectivity index is 3.57. The first kappa shape index (κ1) is 15.8. The molecule has 1 atom stereocenters. The van der Waals surface area contributed by atoms with Crippen molar-refractivity contribution in [2.24, 2.45) is 0 Å². The Morgan fingerprint density at radius 2 is 1.53 bits per heavy atom. The molecule has 0 bridgehead atoms. The molecule has 0 N–H and O–H groups in total. The van der Waals surface area contributed by atoms with Crippen LogP contribution < -0.4 is 0 Å².